The lowest BCUT2D eigenvalue weighted by atomic mass is 9.91. The lowest BCUT2D eigenvalue weighted by molar-refractivity contribution is 0.0339. The minimum atomic E-state index is -1.21. The molecule has 0 bridgehead atoms. The van der Waals surface area contributed by atoms with Gasteiger partial charge in [-0.15, -0.1) is 0 Å². The van der Waals surface area contributed by atoms with Crippen molar-refractivity contribution in [1.82, 2.24) is 4.90 Å². The molecule has 0 saturated heterocycles. The van der Waals surface area contributed by atoms with Crippen LogP contribution in [-0.4, -0.2) is 28.4 Å². The number of rotatable bonds is 5. The van der Waals surface area contributed by atoms with E-state index in [9.17, 15) is 14.7 Å². The van der Waals surface area contributed by atoms with Crippen molar-refractivity contribution in [3.05, 3.63) is 93.5 Å². The molecule has 2 amide bonds. The maximum absolute atomic E-state index is 12.5. The fourth-order valence-electron chi connectivity index (χ4n) is 3.65. The Morgan fingerprint density at radius 3 is 2.03 bits per heavy atom. The fourth-order valence-corrected chi connectivity index (χ4v) is 4.17. The summed E-state index contributed by atoms with van der Waals surface area (Å²) < 4.78 is 0. The Hall–Kier alpha value is -2.66. The minimum Gasteiger partial charge on any atom is -0.385 e. The monoisotopic (exact) mass is 439 g/mol. The van der Waals surface area contributed by atoms with Crippen LogP contribution < -0.4 is 0 Å². The molecule has 4 rings (SSSR count). The summed E-state index contributed by atoms with van der Waals surface area (Å²) in [4.78, 5) is 26.2. The van der Waals surface area contributed by atoms with Gasteiger partial charge in [0.15, 0.2) is 0 Å². The van der Waals surface area contributed by atoms with Crippen LogP contribution in [-0.2, 0) is 5.60 Å². The molecule has 1 unspecified atom stereocenters. The van der Waals surface area contributed by atoms with E-state index in [2.05, 4.69) is 0 Å². The van der Waals surface area contributed by atoms with E-state index in [1.807, 2.05) is 30.3 Å². The summed E-state index contributed by atoms with van der Waals surface area (Å²) in [5, 5.41) is 12.1. The molecular weight excluding hydrogens is 421 g/mol. The van der Waals surface area contributed by atoms with Gasteiger partial charge < -0.3 is 5.11 Å². The zero-order chi connectivity index (χ0) is 21.5. The smallest absolute Gasteiger partial charge is 0.261 e. The van der Waals surface area contributed by atoms with Gasteiger partial charge in [0, 0.05) is 22.2 Å². The third kappa shape index (κ3) is 3.74. The number of carbonyl (C=O) groups excluding carboxylic acids is 2. The van der Waals surface area contributed by atoms with E-state index in [0.717, 1.165) is 11.1 Å². The Kier molecular flexibility index (Phi) is 5.41. The molecule has 30 heavy (non-hydrogen) atoms. The summed E-state index contributed by atoms with van der Waals surface area (Å²) in [6, 6.07) is 19.5. The molecule has 3 aromatic carbocycles. The third-order valence-corrected chi connectivity index (χ3v) is 6.00. The van der Waals surface area contributed by atoms with Gasteiger partial charge in [-0.25, -0.2) is 0 Å². The highest BCUT2D eigenvalue weighted by molar-refractivity contribution is 6.36. The average molecular weight is 440 g/mol. The number of carbonyl (C=O) groups is 2. The molecule has 0 aliphatic carbocycles. The van der Waals surface area contributed by atoms with E-state index in [1.54, 1.807) is 43.3 Å². The highest BCUT2D eigenvalue weighted by Gasteiger charge is 2.36. The average Bonchev–Trinajstić information content (AvgIpc) is 2.97. The van der Waals surface area contributed by atoms with Gasteiger partial charge in [-0.05, 0) is 48.7 Å². The van der Waals surface area contributed by atoms with Gasteiger partial charge in [0.25, 0.3) is 11.8 Å². The van der Waals surface area contributed by atoms with E-state index in [1.165, 1.54) is 4.90 Å². The fraction of sp³-hybridized carbons (Fsp3) is 0.167. The molecule has 1 atom stereocenters. The van der Waals surface area contributed by atoms with Crippen LogP contribution >= 0.6 is 23.2 Å². The first-order valence-electron chi connectivity index (χ1n) is 9.51. The molecule has 0 radical (unpaired) electrons. The second kappa shape index (κ2) is 7.88. The summed E-state index contributed by atoms with van der Waals surface area (Å²) in [6.45, 7) is 1.81. The predicted octanol–water partition coefficient (Wildman–Crippen LogP) is 5.55. The Bertz CT molecular complexity index is 1100. The van der Waals surface area contributed by atoms with Gasteiger partial charge in [0.05, 0.1) is 16.7 Å². The number of imide groups is 1. The Morgan fingerprint density at radius 1 is 0.867 bits per heavy atom. The number of benzene rings is 3. The lowest BCUT2D eigenvalue weighted by Crippen LogP contribution is -2.35. The number of hydrogen-bond acceptors (Lipinski definition) is 3. The Morgan fingerprint density at radius 2 is 1.47 bits per heavy atom. The molecular formula is C24H19Cl2NO3. The summed E-state index contributed by atoms with van der Waals surface area (Å²) in [6.07, 6.45) is 0.222. The summed E-state index contributed by atoms with van der Waals surface area (Å²) in [7, 11) is 0. The van der Waals surface area contributed by atoms with Crippen LogP contribution in [0.4, 0.5) is 0 Å². The predicted molar refractivity (Wildman–Crippen MR) is 118 cm³/mol. The highest BCUT2D eigenvalue weighted by Crippen LogP contribution is 2.33. The lowest BCUT2D eigenvalue weighted by Gasteiger charge is -2.26. The molecule has 0 saturated carbocycles. The number of aliphatic hydroxyl groups is 1. The first kappa shape index (κ1) is 20.6. The van der Waals surface area contributed by atoms with Crippen molar-refractivity contribution in [3.8, 4) is 11.1 Å². The van der Waals surface area contributed by atoms with Crippen LogP contribution in [0.15, 0.2) is 66.7 Å². The van der Waals surface area contributed by atoms with Crippen molar-refractivity contribution in [2.75, 3.05) is 6.54 Å². The Balaban J connectivity index is 1.49. The van der Waals surface area contributed by atoms with Crippen molar-refractivity contribution in [3.63, 3.8) is 0 Å². The topological polar surface area (TPSA) is 57.6 Å². The minimum absolute atomic E-state index is 0.129. The summed E-state index contributed by atoms with van der Waals surface area (Å²) >= 11 is 12.2. The molecule has 1 aliphatic rings. The normalized spacial score (nSPS) is 15.3. The summed E-state index contributed by atoms with van der Waals surface area (Å²) in [5.41, 5.74) is 2.04. The standard InChI is InChI=1S/C24H19Cl2NO3/c1-24(30,12-13-27-22(28)19-4-2-3-5-20(19)23(27)29)16-8-6-15(7-9-16)18-11-10-17(25)14-21(18)26/h2-11,14,30H,12-13H2,1H3. The van der Waals surface area contributed by atoms with E-state index in [0.29, 0.717) is 26.7 Å². The van der Waals surface area contributed by atoms with Gasteiger partial charge in [-0.1, -0.05) is 65.7 Å². The largest absolute Gasteiger partial charge is 0.385 e. The number of amides is 2. The van der Waals surface area contributed by atoms with Crippen LogP contribution in [0.25, 0.3) is 11.1 Å². The van der Waals surface area contributed by atoms with Gasteiger partial charge in [-0.3, -0.25) is 14.5 Å². The van der Waals surface area contributed by atoms with E-state index < -0.39 is 5.60 Å². The SMILES string of the molecule is CC(O)(CCN1C(=O)c2ccccc2C1=O)c1ccc(-c2ccc(Cl)cc2Cl)cc1. The number of hydrogen-bond donors (Lipinski definition) is 1. The number of halogens is 2. The molecule has 1 aliphatic heterocycles. The molecule has 1 heterocycles. The molecule has 152 valence electrons. The van der Waals surface area contributed by atoms with Crippen LogP contribution in [0.3, 0.4) is 0 Å². The van der Waals surface area contributed by atoms with Crippen LogP contribution in [0.1, 0.15) is 39.6 Å². The molecule has 6 heteroatoms. The zero-order valence-corrected chi connectivity index (χ0v) is 17.7. The zero-order valence-electron chi connectivity index (χ0n) is 16.2. The van der Waals surface area contributed by atoms with Crippen molar-refractivity contribution in [2.45, 2.75) is 18.9 Å². The van der Waals surface area contributed by atoms with Gasteiger partial charge in [0.1, 0.15) is 0 Å². The van der Waals surface area contributed by atoms with Gasteiger partial charge in [0.2, 0.25) is 0 Å². The number of fused-ring (bicyclic) bond motifs is 1. The maximum Gasteiger partial charge on any atom is 0.261 e. The third-order valence-electron chi connectivity index (χ3n) is 5.45. The van der Waals surface area contributed by atoms with Gasteiger partial charge in [-0.2, -0.15) is 0 Å². The van der Waals surface area contributed by atoms with Crippen molar-refractivity contribution in [2.24, 2.45) is 0 Å². The van der Waals surface area contributed by atoms with Crippen LogP contribution in [0.5, 0.6) is 0 Å². The van der Waals surface area contributed by atoms with E-state index in [-0.39, 0.29) is 24.8 Å². The molecule has 4 nitrogen and oxygen atoms in total. The molecule has 0 aromatic heterocycles. The summed E-state index contributed by atoms with van der Waals surface area (Å²) in [5.74, 6) is -0.641. The van der Waals surface area contributed by atoms with Crippen molar-refractivity contribution >= 4 is 35.0 Å². The first-order valence-corrected chi connectivity index (χ1v) is 10.3. The maximum atomic E-state index is 12.5. The second-order valence-electron chi connectivity index (χ2n) is 7.53. The number of nitrogens with zero attached hydrogens (tertiary/aromatic N) is 1. The van der Waals surface area contributed by atoms with Crippen LogP contribution in [0, 0.1) is 0 Å². The quantitative estimate of drug-likeness (QED) is 0.529. The van der Waals surface area contributed by atoms with E-state index >= 15 is 0 Å². The Labute approximate surface area is 184 Å². The molecule has 0 fully saturated rings. The highest BCUT2D eigenvalue weighted by atomic mass is 35.5. The first-order chi connectivity index (χ1) is 14.3. The molecule has 3 aromatic rings. The second-order valence-corrected chi connectivity index (χ2v) is 8.38. The van der Waals surface area contributed by atoms with Gasteiger partial charge >= 0.3 is 0 Å². The van der Waals surface area contributed by atoms with Crippen LogP contribution in [0.2, 0.25) is 10.0 Å². The molecule has 0 spiro atoms. The van der Waals surface area contributed by atoms with Crippen molar-refractivity contribution in [1.29, 1.82) is 0 Å². The molecule has 1 N–H and O–H groups in total. The van der Waals surface area contributed by atoms with E-state index in [4.69, 9.17) is 23.2 Å². The van der Waals surface area contributed by atoms with Crippen molar-refractivity contribution < 1.29 is 14.7 Å².